The summed E-state index contributed by atoms with van der Waals surface area (Å²) in [7, 11) is 0.604. The lowest BCUT2D eigenvalue weighted by molar-refractivity contribution is -0.273. The Hall–Kier alpha value is -1.63. The maximum atomic E-state index is 12.9. The maximum absolute atomic E-state index is 12.9. The first-order valence-electron chi connectivity index (χ1n) is 4.37. The molecule has 0 aromatic heterocycles. The van der Waals surface area contributed by atoms with E-state index in [0.717, 1.165) is 18.2 Å². The molecule has 0 aliphatic carbocycles. The van der Waals surface area contributed by atoms with Gasteiger partial charge in [-0.15, -0.1) is 0 Å². The number of methoxy groups -OCH3 is 1. The third kappa shape index (κ3) is 2.10. The molecule has 1 atom stereocenters. The predicted octanol–water partition coefficient (Wildman–Crippen LogP) is 2.31. The fourth-order valence-corrected chi connectivity index (χ4v) is 1.44. The van der Waals surface area contributed by atoms with Crippen molar-refractivity contribution in [3.63, 3.8) is 0 Å². The van der Waals surface area contributed by atoms with Gasteiger partial charge in [-0.25, -0.2) is 9.18 Å². The third-order valence-electron chi connectivity index (χ3n) is 2.24. The molecular weight excluding hydrogens is 244 g/mol. The number of benzene rings is 1. The second-order valence-corrected chi connectivity index (χ2v) is 3.20. The Bertz CT molecular complexity index is 430. The first kappa shape index (κ1) is 13.4. The number of carboxylic acids is 1. The molecule has 0 heterocycles. The molecule has 3 nitrogen and oxygen atoms in total. The van der Waals surface area contributed by atoms with Crippen LogP contribution in [0.2, 0.25) is 0 Å². The van der Waals surface area contributed by atoms with Crippen molar-refractivity contribution >= 4 is 5.97 Å². The van der Waals surface area contributed by atoms with E-state index in [1.54, 1.807) is 0 Å². The van der Waals surface area contributed by atoms with E-state index in [-0.39, 0.29) is 0 Å². The van der Waals surface area contributed by atoms with Crippen LogP contribution in [0.1, 0.15) is 5.56 Å². The maximum Gasteiger partial charge on any atom is 0.432 e. The van der Waals surface area contributed by atoms with Gasteiger partial charge in [-0.3, -0.25) is 0 Å². The van der Waals surface area contributed by atoms with Crippen molar-refractivity contribution in [3.05, 3.63) is 35.6 Å². The lowest BCUT2D eigenvalue weighted by Crippen LogP contribution is -2.50. The highest BCUT2D eigenvalue weighted by molar-refractivity contribution is 5.80. The van der Waals surface area contributed by atoms with Gasteiger partial charge in [-0.1, -0.05) is 12.1 Å². The van der Waals surface area contributed by atoms with E-state index < -0.39 is 29.1 Å². The van der Waals surface area contributed by atoms with Crippen LogP contribution in [-0.2, 0) is 15.1 Å². The van der Waals surface area contributed by atoms with Gasteiger partial charge in [-0.05, 0) is 12.1 Å². The van der Waals surface area contributed by atoms with Crippen LogP contribution in [0.15, 0.2) is 24.3 Å². The van der Waals surface area contributed by atoms with Crippen LogP contribution in [0.25, 0.3) is 0 Å². The number of aliphatic carboxylic acids is 1. The number of carboxylic acid groups (broad SMARTS) is 1. The Balaban J connectivity index is 3.49. The minimum Gasteiger partial charge on any atom is -0.479 e. The second-order valence-electron chi connectivity index (χ2n) is 3.20. The zero-order valence-corrected chi connectivity index (χ0v) is 8.58. The van der Waals surface area contributed by atoms with E-state index in [1.165, 1.54) is 0 Å². The van der Waals surface area contributed by atoms with E-state index >= 15 is 0 Å². The molecular formula is C10H8F4O3. The van der Waals surface area contributed by atoms with Crippen LogP contribution >= 0.6 is 0 Å². The fraction of sp³-hybridized carbons (Fsp3) is 0.300. The monoisotopic (exact) mass is 252 g/mol. The van der Waals surface area contributed by atoms with Crippen molar-refractivity contribution < 1.29 is 32.2 Å². The van der Waals surface area contributed by atoms with Gasteiger partial charge in [0.05, 0.1) is 0 Å². The predicted molar refractivity (Wildman–Crippen MR) is 48.8 cm³/mol. The lowest BCUT2D eigenvalue weighted by Gasteiger charge is -2.30. The first-order valence-corrected chi connectivity index (χ1v) is 4.37. The fourth-order valence-electron chi connectivity index (χ4n) is 1.44. The van der Waals surface area contributed by atoms with Crippen LogP contribution in [-0.4, -0.2) is 24.4 Å². The highest BCUT2D eigenvalue weighted by Crippen LogP contribution is 2.42. The molecule has 94 valence electrons. The average molecular weight is 252 g/mol. The number of carbonyl (C=O) groups is 1. The van der Waals surface area contributed by atoms with Gasteiger partial charge in [-0.2, -0.15) is 13.2 Å². The van der Waals surface area contributed by atoms with Gasteiger partial charge in [0.1, 0.15) is 5.82 Å². The summed E-state index contributed by atoms with van der Waals surface area (Å²) in [5.41, 5.74) is -4.38. The van der Waals surface area contributed by atoms with Gasteiger partial charge < -0.3 is 9.84 Å². The Morgan fingerprint density at radius 3 is 2.29 bits per heavy atom. The van der Waals surface area contributed by atoms with E-state index in [2.05, 4.69) is 4.74 Å². The number of halogens is 4. The second kappa shape index (κ2) is 4.33. The summed E-state index contributed by atoms with van der Waals surface area (Å²) < 4.78 is 55.4. The van der Waals surface area contributed by atoms with E-state index in [9.17, 15) is 22.4 Å². The quantitative estimate of drug-likeness (QED) is 0.840. The first-order chi connectivity index (χ1) is 7.75. The molecule has 0 aliphatic heterocycles. The Morgan fingerprint density at radius 1 is 1.35 bits per heavy atom. The number of hydrogen-bond donors (Lipinski definition) is 1. The van der Waals surface area contributed by atoms with Crippen LogP contribution in [0.5, 0.6) is 0 Å². The summed E-state index contributed by atoms with van der Waals surface area (Å²) in [6.07, 6.45) is -5.21. The molecule has 1 N–H and O–H groups in total. The summed E-state index contributed by atoms with van der Waals surface area (Å²) >= 11 is 0. The van der Waals surface area contributed by atoms with Crippen molar-refractivity contribution in [1.82, 2.24) is 0 Å². The zero-order chi connectivity index (χ0) is 13.3. The number of alkyl halides is 3. The summed E-state index contributed by atoms with van der Waals surface area (Å²) in [6.45, 7) is 0. The summed E-state index contributed by atoms with van der Waals surface area (Å²) in [5.74, 6) is -3.23. The molecule has 1 aromatic rings. The topological polar surface area (TPSA) is 46.5 Å². The van der Waals surface area contributed by atoms with E-state index in [1.807, 2.05) is 0 Å². The van der Waals surface area contributed by atoms with E-state index in [0.29, 0.717) is 13.2 Å². The Kier molecular flexibility index (Phi) is 3.42. The van der Waals surface area contributed by atoms with Crippen molar-refractivity contribution in [2.75, 3.05) is 7.11 Å². The molecule has 0 saturated heterocycles. The molecule has 1 aromatic carbocycles. The smallest absolute Gasteiger partial charge is 0.432 e. The molecule has 0 spiro atoms. The molecule has 0 aliphatic rings. The van der Waals surface area contributed by atoms with Gasteiger partial charge in [0.2, 0.25) is 0 Å². The van der Waals surface area contributed by atoms with Gasteiger partial charge >= 0.3 is 12.1 Å². The van der Waals surface area contributed by atoms with Crippen LogP contribution in [0.3, 0.4) is 0 Å². The van der Waals surface area contributed by atoms with Crippen molar-refractivity contribution in [2.45, 2.75) is 11.8 Å². The average Bonchev–Trinajstić information content (AvgIpc) is 2.16. The highest BCUT2D eigenvalue weighted by Gasteiger charge is 2.63. The SMILES string of the molecule is COC(C(=O)O)(c1cccc(F)c1)C(F)(F)F. The Labute approximate surface area is 93.6 Å². The molecule has 0 bridgehead atoms. The number of ether oxygens (including phenoxy) is 1. The van der Waals surface area contributed by atoms with Crippen molar-refractivity contribution in [1.29, 1.82) is 0 Å². The molecule has 0 amide bonds. The van der Waals surface area contributed by atoms with Gasteiger partial charge in [0.25, 0.3) is 5.60 Å². The van der Waals surface area contributed by atoms with E-state index in [4.69, 9.17) is 5.11 Å². The zero-order valence-electron chi connectivity index (χ0n) is 8.58. The number of hydrogen-bond acceptors (Lipinski definition) is 2. The third-order valence-corrected chi connectivity index (χ3v) is 2.24. The molecule has 0 saturated carbocycles. The largest absolute Gasteiger partial charge is 0.479 e. The standard InChI is InChI=1S/C10H8F4O3/c1-17-9(8(15)16,10(12,13)14)6-3-2-4-7(11)5-6/h2-5H,1H3,(H,15,16). The summed E-state index contributed by atoms with van der Waals surface area (Å²) in [6, 6.07) is 3.20. The van der Waals surface area contributed by atoms with Crippen molar-refractivity contribution in [3.8, 4) is 0 Å². The molecule has 17 heavy (non-hydrogen) atoms. The molecule has 0 radical (unpaired) electrons. The van der Waals surface area contributed by atoms with Crippen LogP contribution in [0.4, 0.5) is 17.6 Å². The van der Waals surface area contributed by atoms with Crippen LogP contribution < -0.4 is 0 Å². The van der Waals surface area contributed by atoms with Gasteiger partial charge in [0.15, 0.2) is 0 Å². The minimum atomic E-state index is -5.21. The molecule has 1 unspecified atom stereocenters. The minimum absolute atomic E-state index is 0.477. The molecule has 0 fully saturated rings. The summed E-state index contributed by atoms with van der Waals surface area (Å²) in [4.78, 5) is 10.8. The summed E-state index contributed by atoms with van der Waals surface area (Å²) in [5, 5.41) is 8.74. The number of rotatable bonds is 3. The Morgan fingerprint density at radius 2 is 1.94 bits per heavy atom. The molecule has 7 heteroatoms. The van der Waals surface area contributed by atoms with Crippen molar-refractivity contribution in [2.24, 2.45) is 0 Å². The molecule has 1 rings (SSSR count). The van der Waals surface area contributed by atoms with Crippen LogP contribution in [0, 0.1) is 5.82 Å². The lowest BCUT2D eigenvalue weighted by atomic mass is 9.93. The normalized spacial score (nSPS) is 15.4. The highest BCUT2D eigenvalue weighted by atomic mass is 19.4. The van der Waals surface area contributed by atoms with Gasteiger partial charge in [0, 0.05) is 12.7 Å².